The minimum absolute atomic E-state index is 0.497. The Labute approximate surface area is 140 Å². The number of benzene rings is 1. The number of hydrogen-bond acceptors (Lipinski definition) is 2. The van der Waals surface area contributed by atoms with E-state index in [2.05, 4.69) is 15.5 Å². The van der Waals surface area contributed by atoms with Crippen molar-refractivity contribution < 1.29 is 0 Å². The van der Waals surface area contributed by atoms with Gasteiger partial charge in [0, 0.05) is 23.5 Å². The molecule has 0 radical (unpaired) electrons. The highest BCUT2D eigenvalue weighted by Crippen LogP contribution is 2.35. The maximum atomic E-state index is 9.41. The zero-order valence-electron chi connectivity index (χ0n) is 12.2. The highest BCUT2D eigenvalue weighted by Gasteiger charge is 2.16. The van der Waals surface area contributed by atoms with Gasteiger partial charge in [0.15, 0.2) is 0 Å². The van der Waals surface area contributed by atoms with Gasteiger partial charge >= 0.3 is 0 Å². The maximum absolute atomic E-state index is 9.41. The summed E-state index contributed by atoms with van der Waals surface area (Å²) < 4.78 is 2.07. The second-order valence-electron chi connectivity index (χ2n) is 5.63. The summed E-state index contributed by atoms with van der Waals surface area (Å²) >= 11 is 12.4. The Kier molecular flexibility index (Phi) is 4.73. The molecular formula is C17H17Cl2N3. The lowest BCUT2D eigenvalue weighted by Crippen LogP contribution is -2.31. The van der Waals surface area contributed by atoms with Crippen molar-refractivity contribution in [2.24, 2.45) is 0 Å². The van der Waals surface area contributed by atoms with Gasteiger partial charge in [-0.1, -0.05) is 41.8 Å². The van der Waals surface area contributed by atoms with Crippen molar-refractivity contribution in [1.82, 2.24) is 9.47 Å². The number of piperidine rings is 1. The van der Waals surface area contributed by atoms with E-state index in [9.17, 15) is 5.26 Å². The summed E-state index contributed by atoms with van der Waals surface area (Å²) in [6, 6.07) is 7.76. The first-order valence-corrected chi connectivity index (χ1v) is 8.21. The van der Waals surface area contributed by atoms with Gasteiger partial charge in [-0.15, -0.1) is 0 Å². The van der Waals surface area contributed by atoms with Crippen LogP contribution < -0.4 is 0 Å². The van der Waals surface area contributed by atoms with Crippen LogP contribution in [-0.2, 0) is 6.67 Å². The van der Waals surface area contributed by atoms with Gasteiger partial charge in [-0.3, -0.25) is 4.90 Å². The van der Waals surface area contributed by atoms with Gasteiger partial charge in [0.25, 0.3) is 0 Å². The lowest BCUT2D eigenvalue weighted by atomic mass is 10.1. The quantitative estimate of drug-likeness (QED) is 0.809. The average molecular weight is 334 g/mol. The van der Waals surface area contributed by atoms with Crippen LogP contribution in [-0.4, -0.2) is 22.6 Å². The second-order valence-corrected chi connectivity index (χ2v) is 6.42. The van der Waals surface area contributed by atoms with E-state index in [1.807, 2.05) is 24.5 Å². The van der Waals surface area contributed by atoms with E-state index in [0.717, 1.165) is 30.9 Å². The molecule has 114 valence electrons. The number of likely N-dealkylation sites (tertiary alicyclic amines) is 1. The third-order valence-electron chi connectivity index (χ3n) is 4.05. The standard InChI is InChI=1S/C17H17Cl2N3/c18-16-6-4-5-14(17(16)19)15-11-22(10-13(15)9-20)12-21-7-2-1-3-8-21/h4-6,10-11H,1-3,7-8,12H2. The van der Waals surface area contributed by atoms with Crippen LogP contribution >= 0.6 is 23.2 Å². The van der Waals surface area contributed by atoms with Crippen molar-refractivity contribution in [1.29, 1.82) is 5.26 Å². The number of nitrogens with zero attached hydrogens (tertiary/aromatic N) is 3. The number of nitriles is 1. The smallest absolute Gasteiger partial charge is 0.101 e. The maximum Gasteiger partial charge on any atom is 0.101 e. The summed E-state index contributed by atoms with van der Waals surface area (Å²) in [6.45, 7) is 3.05. The Bertz CT molecular complexity index is 709. The van der Waals surface area contributed by atoms with Gasteiger partial charge in [0.1, 0.15) is 6.07 Å². The molecule has 0 spiro atoms. The Morgan fingerprint density at radius 1 is 1.05 bits per heavy atom. The molecule has 3 rings (SSSR count). The molecule has 1 aromatic heterocycles. The van der Waals surface area contributed by atoms with E-state index in [1.54, 1.807) is 6.07 Å². The first-order chi connectivity index (χ1) is 10.7. The predicted octanol–water partition coefficient (Wildman–Crippen LogP) is 4.78. The summed E-state index contributed by atoms with van der Waals surface area (Å²) in [6.07, 6.45) is 7.69. The van der Waals surface area contributed by atoms with Crippen molar-refractivity contribution in [3.05, 3.63) is 46.2 Å². The second kappa shape index (κ2) is 6.75. The lowest BCUT2D eigenvalue weighted by molar-refractivity contribution is 0.182. The molecule has 0 atom stereocenters. The fourth-order valence-corrected chi connectivity index (χ4v) is 3.34. The fraction of sp³-hybridized carbons (Fsp3) is 0.353. The number of halogens is 2. The lowest BCUT2D eigenvalue weighted by Gasteiger charge is -2.26. The van der Waals surface area contributed by atoms with Crippen molar-refractivity contribution in [3.63, 3.8) is 0 Å². The molecule has 1 aromatic carbocycles. The van der Waals surface area contributed by atoms with E-state index < -0.39 is 0 Å². The van der Waals surface area contributed by atoms with Gasteiger partial charge in [-0.05, 0) is 32.0 Å². The van der Waals surface area contributed by atoms with Crippen LogP contribution in [0.25, 0.3) is 11.1 Å². The minimum Gasteiger partial charge on any atom is -0.339 e. The van der Waals surface area contributed by atoms with E-state index in [4.69, 9.17) is 23.2 Å². The largest absolute Gasteiger partial charge is 0.339 e. The van der Waals surface area contributed by atoms with Crippen LogP contribution in [0.5, 0.6) is 0 Å². The number of rotatable bonds is 3. The molecule has 0 saturated carbocycles. The molecule has 0 bridgehead atoms. The summed E-state index contributed by atoms with van der Waals surface area (Å²) in [5.41, 5.74) is 2.27. The van der Waals surface area contributed by atoms with E-state index >= 15 is 0 Å². The Hall–Kier alpha value is -1.47. The molecule has 0 N–H and O–H groups in total. The first kappa shape index (κ1) is 15.4. The van der Waals surface area contributed by atoms with Gasteiger partial charge < -0.3 is 4.57 Å². The molecule has 0 unspecified atom stereocenters. The minimum atomic E-state index is 0.497. The summed E-state index contributed by atoms with van der Waals surface area (Å²) in [5.74, 6) is 0. The molecular weight excluding hydrogens is 317 g/mol. The zero-order chi connectivity index (χ0) is 15.5. The first-order valence-electron chi connectivity index (χ1n) is 7.45. The molecule has 1 saturated heterocycles. The Morgan fingerprint density at radius 3 is 2.55 bits per heavy atom. The number of aromatic nitrogens is 1. The Morgan fingerprint density at radius 2 is 1.82 bits per heavy atom. The monoisotopic (exact) mass is 333 g/mol. The average Bonchev–Trinajstić information content (AvgIpc) is 2.93. The molecule has 1 fully saturated rings. The normalized spacial score (nSPS) is 15.7. The molecule has 2 aromatic rings. The molecule has 2 heterocycles. The van der Waals surface area contributed by atoms with Crippen LogP contribution in [0.1, 0.15) is 24.8 Å². The molecule has 3 nitrogen and oxygen atoms in total. The molecule has 0 aliphatic carbocycles. The molecule has 1 aliphatic heterocycles. The summed E-state index contributed by atoms with van der Waals surface area (Å²) in [4.78, 5) is 2.41. The van der Waals surface area contributed by atoms with Gasteiger partial charge in [0.2, 0.25) is 0 Å². The predicted molar refractivity (Wildman–Crippen MR) is 90.0 cm³/mol. The van der Waals surface area contributed by atoms with Gasteiger partial charge in [-0.2, -0.15) is 5.26 Å². The van der Waals surface area contributed by atoms with Crippen molar-refractivity contribution >= 4 is 23.2 Å². The molecule has 1 aliphatic rings. The fourth-order valence-electron chi connectivity index (χ4n) is 2.94. The molecule has 22 heavy (non-hydrogen) atoms. The Balaban J connectivity index is 1.91. The highest BCUT2D eigenvalue weighted by atomic mass is 35.5. The zero-order valence-corrected chi connectivity index (χ0v) is 13.7. The van der Waals surface area contributed by atoms with Crippen molar-refractivity contribution in [3.8, 4) is 17.2 Å². The van der Waals surface area contributed by atoms with Crippen LogP contribution in [0.2, 0.25) is 10.0 Å². The van der Waals surface area contributed by atoms with Gasteiger partial charge in [-0.25, -0.2) is 0 Å². The van der Waals surface area contributed by atoms with Crippen LogP contribution in [0.15, 0.2) is 30.6 Å². The van der Waals surface area contributed by atoms with Crippen LogP contribution in [0, 0.1) is 11.3 Å². The van der Waals surface area contributed by atoms with Crippen LogP contribution in [0.4, 0.5) is 0 Å². The van der Waals surface area contributed by atoms with Crippen LogP contribution in [0.3, 0.4) is 0 Å². The van der Waals surface area contributed by atoms with E-state index in [-0.39, 0.29) is 0 Å². The summed E-state index contributed by atoms with van der Waals surface area (Å²) in [5, 5.41) is 10.4. The topological polar surface area (TPSA) is 32.0 Å². The SMILES string of the molecule is N#Cc1cn(CN2CCCCC2)cc1-c1cccc(Cl)c1Cl. The van der Waals surface area contributed by atoms with Crippen molar-refractivity contribution in [2.75, 3.05) is 13.1 Å². The molecule has 0 amide bonds. The van der Waals surface area contributed by atoms with E-state index in [0.29, 0.717) is 15.6 Å². The van der Waals surface area contributed by atoms with E-state index in [1.165, 1.54) is 19.3 Å². The molecule has 5 heteroatoms. The number of hydrogen-bond donors (Lipinski definition) is 0. The highest BCUT2D eigenvalue weighted by molar-refractivity contribution is 6.43. The summed E-state index contributed by atoms with van der Waals surface area (Å²) in [7, 11) is 0. The van der Waals surface area contributed by atoms with Crippen molar-refractivity contribution in [2.45, 2.75) is 25.9 Å². The van der Waals surface area contributed by atoms with Gasteiger partial charge in [0.05, 0.1) is 22.3 Å². The third-order valence-corrected chi connectivity index (χ3v) is 4.87. The third kappa shape index (κ3) is 3.15.